The van der Waals surface area contributed by atoms with E-state index in [4.69, 9.17) is 4.74 Å². The van der Waals surface area contributed by atoms with Gasteiger partial charge in [0.05, 0.1) is 13.2 Å². The predicted octanol–water partition coefficient (Wildman–Crippen LogP) is 3.04. The number of carbonyl (C=O) groups is 1. The lowest BCUT2D eigenvalue weighted by Crippen LogP contribution is -2.21. The summed E-state index contributed by atoms with van der Waals surface area (Å²) in [4.78, 5) is 10.9. The molecule has 2 aromatic carbocycles. The first-order valence-electron chi connectivity index (χ1n) is 7.25. The Balaban J connectivity index is 2.14. The van der Waals surface area contributed by atoms with Gasteiger partial charge in [0.15, 0.2) is 5.12 Å². The van der Waals surface area contributed by atoms with E-state index in [1.54, 1.807) is 19.2 Å². The van der Waals surface area contributed by atoms with Crippen molar-refractivity contribution in [1.82, 2.24) is 0 Å². The number of hydrogen-bond acceptors (Lipinski definition) is 5. The number of benzene rings is 2. The average molecular weight is 332 g/mol. The zero-order valence-corrected chi connectivity index (χ0v) is 13.9. The van der Waals surface area contributed by atoms with E-state index >= 15 is 0 Å². The van der Waals surface area contributed by atoms with Crippen LogP contribution in [0.3, 0.4) is 0 Å². The topological polar surface area (TPSA) is 66.8 Å². The molecule has 0 aliphatic rings. The third kappa shape index (κ3) is 4.58. The lowest BCUT2D eigenvalue weighted by Gasteiger charge is -2.18. The van der Waals surface area contributed by atoms with Gasteiger partial charge in [0.1, 0.15) is 11.9 Å². The van der Waals surface area contributed by atoms with Gasteiger partial charge in [0.25, 0.3) is 0 Å². The van der Waals surface area contributed by atoms with Crippen molar-refractivity contribution in [2.75, 3.05) is 12.9 Å². The lowest BCUT2D eigenvalue weighted by molar-refractivity contribution is -0.109. The highest BCUT2D eigenvalue weighted by atomic mass is 32.2. The monoisotopic (exact) mass is 332 g/mol. The third-order valence-electron chi connectivity index (χ3n) is 3.49. The summed E-state index contributed by atoms with van der Waals surface area (Å²) < 4.78 is 5.35. The zero-order chi connectivity index (χ0) is 16.8. The Hall–Kier alpha value is -1.82. The molecule has 2 aromatic rings. The van der Waals surface area contributed by atoms with Crippen LogP contribution in [0.4, 0.5) is 0 Å². The van der Waals surface area contributed by atoms with Gasteiger partial charge >= 0.3 is 0 Å². The van der Waals surface area contributed by atoms with E-state index in [0.29, 0.717) is 5.56 Å². The standard InChI is InChI=1S/C18H20O4S/c1-12(19)23-11-16(20)18(21)14-9-7-13(8-10-14)15-5-3-4-6-17(15)22-2/h3-10,16,18,20-21H,11H2,1-2H3. The number of aliphatic hydroxyl groups is 2. The van der Waals surface area contributed by atoms with Gasteiger partial charge < -0.3 is 14.9 Å². The molecule has 0 heterocycles. The predicted molar refractivity (Wildman–Crippen MR) is 92.5 cm³/mol. The van der Waals surface area contributed by atoms with E-state index in [1.165, 1.54) is 6.92 Å². The first-order valence-corrected chi connectivity index (χ1v) is 8.24. The number of thioether (sulfide) groups is 1. The first-order chi connectivity index (χ1) is 11.0. The minimum atomic E-state index is -1.02. The molecule has 2 N–H and O–H groups in total. The van der Waals surface area contributed by atoms with Crippen molar-refractivity contribution in [3.8, 4) is 16.9 Å². The van der Waals surface area contributed by atoms with E-state index in [9.17, 15) is 15.0 Å². The average Bonchev–Trinajstić information content (AvgIpc) is 2.59. The Morgan fingerprint density at radius 1 is 1.13 bits per heavy atom. The quantitative estimate of drug-likeness (QED) is 0.851. The third-order valence-corrected chi connectivity index (χ3v) is 4.41. The number of para-hydroxylation sites is 1. The van der Waals surface area contributed by atoms with Crippen LogP contribution in [0.5, 0.6) is 5.75 Å². The van der Waals surface area contributed by atoms with E-state index in [0.717, 1.165) is 28.6 Å². The molecule has 0 aromatic heterocycles. The van der Waals surface area contributed by atoms with Crippen molar-refractivity contribution >= 4 is 16.9 Å². The molecule has 2 atom stereocenters. The van der Waals surface area contributed by atoms with Crippen molar-refractivity contribution in [1.29, 1.82) is 0 Å². The maximum atomic E-state index is 10.9. The molecule has 23 heavy (non-hydrogen) atoms. The summed E-state index contributed by atoms with van der Waals surface area (Å²) in [7, 11) is 1.63. The maximum Gasteiger partial charge on any atom is 0.185 e. The summed E-state index contributed by atoms with van der Waals surface area (Å²) in [5, 5.41) is 20.0. The van der Waals surface area contributed by atoms with Crippen molar-refractivity contribution in [3.63, 3.8) is 0 Å². The second kappa shape index (κ2) is 8.15. The SMILES string of the molecule is COc1ccccc1-c1ccc(C(O)C(O)CSC(C)=O)cc1. The fraction of sp³-hybridized carbons (Fsp3) is 0.278. The molecular formula is C18H20O4S. The van der Waals surface area contributed by atoms with Crippen LogP contribution in [-0.2, 0) is 4.79 Å². The Morgan fingerprint density at radius 2 is 1.78 bits per heavy atom. The van der Waals surface area contributed by atoms with Crippen molar-refractivity contribution in [3.05, 3.63) is 54.1 Å². The molecule has 0 fully saturated rings. The summed E-state index contributed by atoms with van der Waals surface area (Å²) in [6, 6.07) is 15.0. The van der Waals surface area contributed by atoms with Crippen molar-refractivity contribution < 1.29 is 19.7 Å². The highest BCUT2D eigenvalue weighted by Crippen LogP contribution is 2.30. The molecule has 122 valence electrons. The van der Waals surface area contributed by atoms with Crippen LogP contribution in [0, 0.1) is 0 Å². The van der Waals surface area contributed by atoms with Crippen molar-refractivity contribution in [2.24, 2.45) is 0 Å². The Bertz CT molecular complexity index is 654. The second-order valence-corrected chi connectivity index (χ2v) is 6.33. The largest absolute Gasteiger partial charge is 0.496 e. The highest BCUT2D eigenvalue weighted by molar-refractivity contribution is 8.13. The number of aliphatic hydroxyl groups excluding tert-OH is 2. The summed E-state index contributed by atoms with van der Waals surface area (Å²) >= 11 is 1.00. The number of methoxy groups -OCH3 is 1. The minimum Gasteiger partial charge on any atom is -0.496 e. The van der Waals surface area contributed by atoms with Gasteiger partial charge in [-0.1, -0.05) is 54.2 Å². The van der Waals surface area contributed by atoms with Gasteiger partial charge in [-0.2, -0.15) is 0 Å². The van der Waals surface area contributed by atoms with Crippen LogP contribution in [0.15, 0.2) is 48.5 Å². The molecule has 0 aliphatic heterocycles. The Morgan fingerprint density at radius 3 is 2.39 bits per heavy atom. The first kappa shape index (κ1) is 17.5. The zero-order valence-electron chi connectivity index (χ0n) is 13.1. The van der Waals surface area contributed by atoms with Gasteiger partial charge in [-0.25, -0.2) is 0 Å². The van der Waals surface area contributed by atoms with Crippen LogP contribution >= 0.6 is 11.8 Å². The Labute approximate surface area is 140 Å². The molecule has 0 spiro atoms. The van der Waals surface area contributed by atoms with Crippen molar-refractivity contribution in [2.45, 2.75) is 19.1 Å². The molecule has 2 unspecified atom stereocenters. The molecule has 2 rings (SSSR count). The molecule has 0 bridgehead atoms. The Kier molecular flexibility index (Phi) is 6.21. The fourth-order valence-corrected chi connectivity index (χ4v) is 2.85. The van der Waals surface area contributed by atoms with Gasteiger partial charge in [-0.05, 0) is 17.2 Å². The van der Waals surface area contributed by atoms with E-state index in [2.05, 4.69) is 0 Å². The minimum absolute atomic E-state index is 0.0808. The van der Waals surface area contributed by atoms with Crippen LogP contribution in [-0.4, -0.2) is 34.3 Å². The van der Waals surface area contributed by atoms with Crippen LogP contribution < -0.4 is 4.74 Å². The highest BCUT2D eigenvalue weighted by Gasteiger charge is 2.19. The van der Waals surface area contributed by atoms with Crippen LogP contribution in [0.1, 0.15) is 18.6 Å². The lowest BCUT2D eigenvalue weighted by atomic mass is 9.99. The number of ether oxygens (including phenoxy) is 1. The number of hydrogen-bond donors (Lipinski definition) is 2. The normalized spacial score (nSPS) is 13.4. The summed E-state index contributed by atoms with van der Waals surface area (Å²) in [6.07, 6.45) is -2.01. The molecule has 0 radical (unpaired) electrons. The smallest absolute Gasteiger partial charge is 0.185 e. The van der Waals surface area contributed by atoms with E-state index < -0.39 is 12.2 Å². The molecule has 0 saturated heterocycles. The van der Waals surface area contributed by atoms with Gasteiger partial charge in [-0.15, -0.1) is 0 Å². The summed E-state index contributed by atoms with van der Waals surface area (Å²) in [5.41, 5.74) is 2.54. The van der Waals surface area contributed by atoms with E-state index in [-0.39, 0.29) is 10.9 Å². The number of rotatable bonds is 6. The second-order valence-electron chi connectivity index (χ2n) is 5.14. The molecule has 0 saturated carbocycles. The maximum absolute atomic E-state index is 10.9. The summed E-state index contributed by atoms with van der Waals surface area (Å²) in [6.45, 7) is 1.44. The molecule has 0 aliphatic carbocycles. The summed E-state index contributed by atoms with van der Waals surface area (Å²) in [5.74, 6) is 0.948. The van der Waals surface area contributed by atoms with Gasteiger partial charge in [0, 0.05) is 18.2 Å². The molecule has 5 heteroatoms. The number of carbonyl (C=O) groups excluding carboxylic acids is 1. The fourth-order valence-electron chi connectivity index (χ4n) is 2.26. The van der Waals surface area contributed by atoms with Gasteiger partial charge in [0.2, 0.25) is 0 Å². The molecular weight excluding hydrogens is 312 g/mol. The van der Waals surface area contributed by atoms with Crippen LogP contribution in [0.25, 0.3) is 11.1 Å². The van der Waals surface area contributed by atoms with Crippen LogP contribution in [0.2, 0.25) is 0 Å². The van der Waals surface area contributed by atoms with Gasteiger partial charge in [-0.3, -0.25) is 4.79 Å². The van der Waals surface area contributed by atoms with E-state index in [1.807, 2.05) is 36.4 Å². The molecule has 4 nitrogen and oxygen atoms in total. The molecule has 0 amide bonds.